The van der Waals surface area contributed by atoms with Gasteiger partial charge in [-0.15, -0.1) is 23.7 Å². The van der Waals surface area contributed by atoms with Crippen LogP contribution in [0.3, 0.4) is 0 Å². The summed E-state index contributed by atoms with van der Waals surface area (Å²) in [7, 11) is 0. The summed E-state index contributed by atoms with van der Waals surface area (Å²) in [5.41, 5.74) is 0. The van der Waals surface area contributed by atoms with Crippen molar-refractivity contribution in [2.75, 3.05) is 13.1 Å². The molecule has 1 saturated carbocycles. The molecule has 114 valence electrons. The van der Waals surface area contributed by atoms with E-state index < -0.39 is 0 Å². The molecule has 0 aromatic carbocycles. The molecule has 1 aromatic rings. The largest absolute Gasteiger partial charge is 0.334 e. The van der Waals surface area contributed by atoms with E-state index in [9.17, 15) is 4.79 Å². The standard InChI is InChI=1S/C15H24N2OS.ClH/c1-11(2)17(10-14-7-4-12(3)19-14)15(18)9-16-8-13-5-6-13;/h4,7,11,13,16H,5-6,8-10H2,1-3H3;1H. The zero-order valence-electron chi connectivity index (χ0n) is 12.5. The Labute approximate surface area is 132 Å². The van der Waals surface area contributed by atoms with Crippen LogP contribution in [0.15, 0.2) is 12.1 Å². The van der Waals surface area contributed by atoms with Crippen molar-refractivity contribution in [3.05, 3.63) is 21.9 Å². The number of rotatable bonds is 7. The molecule has 20 heavy (non-hydrogen) atoms. The second kappa shape index (κ2) is 8.01. The number of amides is 1. The van der Waals surface area contributed by atoms with Gasteiger partial charge in [0.25, 0.3) is 0 Å². The number of halogens is 1. The summed E-state index contributed by atoms with van der Waals surface area (Å²) in [6.07, 6.45) is 2.65. The van der Waals surface area contributed by atoms with Crippen LogP contribution in [0, 0.1) is 12.8 Å². The first kappa shape index (κ1) is 17.5. The summed E-state index contributed by atoms with van der Waals surface area (Å²) in [6.45, 7) is 8.47. The molecule has 0 radical (unpaired) electrons. The highest BCUT2D eigenvalue weighted by atomic mass is 35.5. The minimum atomic E-state index is 0. The lowest BCUT2D eigenvalue weighted by Crippen LogP contribution is -2.42. The smallest absolute Gasteiger partial charge is 0.237 e. The van der Waals surface area contributed by atoms with Crippen molar-refractivity contribution < 1.29 is 4.79 Å². The molecular formula is C15H25ClN2OS. The molecule has 0 aliphatic heterocycles. The highest BCUT2D eigenvalue weighted by Gasteiger charge is 2.22. The quantitative estimate of drug-likeness (QED) is 0.837. The van der Waals surface area contributed by atoms with Gasteiger partial charge in [0.2, 0.25) is 5.91 Å². The number of hydrogen-bond donors (Lipinski definition) is 1. The van der Waals surface area contributed by atoms with Gasteiger partial charge in [-0.3, -0.25) is 4.79 Å². The van der Waals surface area contributed by atoms with Gasteiger partial charge in [0.05, 0.1) is 13.1 Å². The summed E-state index contributed by atoms with van der Waals surface area (Å²) < 4.78 is 0. The molecule has 0 spiro atoms. The van der Waals surface area contributed by atoms with Gasteiger partial charge >= 0.3 is 0 Å². The van der Waals surface area contributed by atoms with E-state index in [0.29, 0.717) is 6.54 Å². The van der Waals surface area contributed by atoms with E-state index in [1.54, 1.807) is 11.3 Å². The van der Waals surface area contributed by atoms with Crippen LogP contribution in [-0.2, 0) is 11.3 Å². The number of carbonyl (C=O) groups is 1. The summed E-state index contributed by atoms with van der Waals surface area (Å²) in [5, 5.41) is 3.29. The van der Waals surface area contributed by atoms with Gasteiger partial charge in [-0.05, 0) is 58.2 Å². The molecule has 1 heterocycles. The molecular weight excluding hydrogens is 292 g/mol. The predicted octanol–water partition coefficient (Wildman–Crippen LogP) is 3.21. The van der Waals surface area contributed by atoms with Gasteiger partial charge in [-0.25, -0.2) is 0 Å². The number of thiophene rings is 1. The van der Waals surface area contributed by atoms with Crippen molar-refractivity contribution in [1.82, 2.24) is 10.2 Å². The summed E-state index contributed by atoms with van der Waals surface area (Å²) >= 11 is 1.78. The van der Waals surface area contributed by atoms with Crippen LogP contribution in [-0.4, -0.2) is 29.9 Å². The lowest BCUT2D eigenvalue weighted by atomic mass is 10.3. The first-order valence-corrected chi connectivity index (χ1v) is 7.93. The number of carbonyl (C=O) groups excluding carboxylic acids is 1. The van der Waals surface area contributed by atoms with Crippen molar-refractivity contribution in [3.8, 4) is 0 Å². The molecule has 0 atom stereocenters. The third-order valence-corrected chi connectivity index (χ3v) is 4.46. The fourth-order valence-electron chi connectivity index (χ4n) is 2.10. The Balaban J connectivity index is 0.00000200. The molecule has 0 saturated heterocycles. The third kappa shape index (κ3) is 5.43. The highest BCUT2D eigenvalue weighted by molar-refractivity contribution is 7.11. The maximum Gasteiger partial charge on any atom is 0.237 e. The maximum atomic E-state index is 12.3. The number of nitrogens with one attached hydrogen (secondary N) is 1. The van der Waals surface area contributed by atoms with Gasteiger partial charge in [-0.2, -0.15) is 0 Å². The van der Waals surface area contributed by atoms with Gasteiger partial charge in [0.1, 0.15) is 0 Å². The van der Waals surface area contributed by atoms with Gasteiger partial charge in [0, 0.05) is 15.8 Å². The zero-order chi connectivity index (χ0) is 13.8. The summed E-state index contributed by atoms with van der Waals surface area (Å²) in [5.74, 6) is 1.03. The van der Waals surface area contributed by atoms with Crippen molar-refractivity contribution in [2.45, 2.75) is 46.2 Å². The van der Waals surface area contributed by atoms with E-state index in [2.05, 4.69) is 38.2 Å². The van der Waals surface area contributed by atoms with E-state index in [4.69, 9.17) is 0 Å². The molecule has 5 heteroatoms. The molecule has 1 fully saturated rings. The second-order valence-electron chi connectivity index (χ2n) is 5.70. The van der Waals surface area contributed by atoms with E-state index in [1.165, 1.54) is 22.6 Å². The van der Waals surface area contributed by atoms with Gasteiger partial charge in [0.15, 0.2) is 0 Å². The Bertz CT molecular complexity index is 429. The van der Waals surface area contributed by atoms with Gasteiger partial charge in [-0.1, -0.05) is 0 Å². The number of aryl methyl sites for hydroxylation is 1. The fourth-order valence-corrected chi connectivity index (χ4v) is 2.99. The van der Waals surface area contributed by atoms with Crippen molar-refractivity contribution >= 4 is 29.7 Å². The van der Waals surface area contributed by atoms with Gasteiger partial charge < -0.3 is 10.2 Å². The first-order valence-electron chi connectivity index (χ1n) is 7.11. The minimum absolute atomic E-state index is 0. The molecule has 1 aliphatic rings. The number of nitrogens with zero attached hydrogens (tertiary/aromatic N) is 1. The van der Waals surface area contributed by atoms with E-state index in [0.717, 1.165) is 19.0 Å². The van der Waals surface area contributed by atoms with Crippen molar-refractivity contribution in [1.29, 1.82) is 0 Å². The molecule has 3 nitrogen and oxygen atoms in total. The average Bonchev–Trinajstić information content (AvgIpc) is 3.07. The molecule has 1 amide bonds. The zero-order valence-corrected chi connectivity index (χ0v) is 14.1. The molecule has 1 aliphatic carbocycles. The predicted molar refractivity (Wildman–Crippen MR) is 87.6 cm³/mol. The summed E-state index contributed by atoms with van der Waals surface area (Å²) in [4.78, 5) is 16.8. The van der Waals surface area contributed by atoms with Crippen LogP contribution in [0.2, 0.25) is 0 Å². The Hall–Kier alpha value is -0.580. The van der Waals surface area contributed by atoms with E-state index in [-0.39, 0.29) is 24.4 Å². The van der Waals surface area contributed by atoms with Crippen LogP contribution in [0.4, 0.5) is 0 Å². The Morgan fingerprint density at radius 3 is 2.65 bits per heavy atom. The lowest BCUT2D eigenvalue weighted by Gasteiger charge is -2.26. The number of hydrogen-bond acceptors (Lipinski definition) is 3. The highest BCUT2D eigenvalue weighted by Crippen LogP contribution is 2.27. The minimum Gasteiger partial charge on any atom is -0.334 e. The third-order valence-electron chi connectivity index (χ3n) is 3.47. The van der Waals surface area contributed by atoms with Crippen molar-refractivity contribution in [3.63, 3.8) is 0 Å². The maximum absolute atomic E-state index is 12.3. The normalized spacial score (nSPS) is 14.2. The Morgan fingerprint density at radius 2 is 2.15 bits per heavy atom. The van der Waals surface area contributed by atoms with Crippen molar-refractivity contribution in [2.24, 2.45) is 5.92 Å². The first-order chi connectivity index (χ1) is 9.06. The van der Waals surface area contributed by atoms with E-state index >= 15 is 0 Å². The molecule has 1 aromatic heterocycles. The average molecular weight is 317 g/mol. The van der Waals surface area contributed by atoms with Crippen LogP contribution in [0.1, 0.15) is 36.4 Å². The Kier molecular flexibility index (Phi) is 7.00. The second-order valence-corrected chi connectivity index (χ2v) is 7.07. The summed E-state index contributed by atoms with van der Waals surface area (Å²) in [6, 6.07) is 4.49. The van der Waals surface area contributed by atoms with Crippen LogP contribution in [0.25, 0.3) is 0 Å². The topological polar surface area (TPSA) is 32.3 Å². The lowest BCUT2D eigenvalue weighted by molar-refractivity contribution is -0.132. The molecule has 0 unspecified atom stereocenters. The monoisotopic (exact) mass is 316 g/mol. The van der Waals surface area contributed by atoms with E-state index in [1.807, 2.05) is 4.90 Å². The van der Waals surface area contributed by atoms with Crippen LogP contribution < -0.4 is 5.32 Å². The fraction of sp³-hybridized carbons (Fsp3) is 0.667. The molecule has 1 N–H and O–H groups in total. The molecule has 2 rings (SSSR count). The SMILES string of the molecule is Cc1ccc(CN(C(=O)CNCC2CC2)C(C)C)s1.Cl. The van der Waals surface area contributed by atoms with Crippen LogP contribution in [0.5, 0.6) is 0 Å². The Morgan fingerprint density at radius 1 is 1.45 bits per heavy atom. The van der Waals surface area contributed by atoms with Crippen LogP contribution >= 0.6 is 23.7 Å². The molecule has 0 bridgehead atoms.